The molecule has 0 radical (unpaired) electrons. The molecule has 4 rings (SSSR count). The molecule has 154 valence electrons. The van der Waals surface area contributed by atoms with Gasteiger partial charge >= 0.3 is 5.69 Å². The third kappa shape index (κ3) is 4.35. The number of rotatable bonds is 6. The molecule has 0 saturated heterocycles. The van der Waals surface area contributed by atoms with E-state index in [1.807, 2.05) is 48.5 Å². The fourth-order valence-electron chi connectivity index (χ4n) is 3.42. The topological polar surface area (TPSA) is 93.8 Å². The fraction of sp³-hybridized carbons (Fsp3) is 0.0833. The van der Waals surface area contributed by atoms with Crippen LogP contribution in [0.15, 0.2) is 77.9 Å². The van der Waals surface area contributed by atoms with E-state index < -0.39 is 17.4 Å². The van der Waals surface area contributed by atoms with Crippen LogP contribution in [0.5, 0.6) is 5.75 Å². The molecule has 0 aliphatic rings. The van der Waals surface area contributed by atoms with Gasteiger partial charge in [-0.05, 0) is 46.2 Å². The van der Waals surface area contributed by atoms with E-state index in [9.17, 15) is 14.9 Å². The molecular weight excluding hydrogens is 394 g/mol. The number of fused-ring (bicyclic) bond motifs is 2. The molecule has 0 atom stereocenters. The van der Waals surface area contributed by atoms with Crippen molar-refractivity contribution in [1.29, 1.82) is 0 Å². The second kappa shape index (κ2) is 8.62. The normalized spacial score (nSPS) is 11.1. The summed E-state index contributed by atoms with van der Waals surface area (Å²) in [4.78, 5) is 22.8. The predicted molar refractivity (Wildman–Crippen MR) is 121 cm³/mol. The summed E-state index contributed by atoms with van der Waals surface area (Å²) in [6.07, 6.45) is 1.61. The van der Waals surface area contributed by atoms with Crippen molar-refractivity contribution in [2.75, 3.05) is 6.61 Å². The Balaban J connectivity index is 1.51. The van der Waals surface area contributed by atoms with E-state index in [1.54, 1.807) is 19.2 Å². The lowest BCUT2D eigenvalue weighted by molar-refractivity contribution is -0.385. The molecule has 4 aromatic carbocycles. The van der Waals surface area contributed by atoms with Crippen molar-refractivity contribution in [3.8, 4) is 5.75 Å². The molecule has 0 saturated carbocycles. The molecule has 0 heterocycles. The highest BCUT2D eigenvalue weighted by atomic mass is 16.6. The molecule has 7 heteroatoms. The summed E-state index contributed by atoms with van der Waals surface area (Å²) in [5, 5.41) is 19.4. The Labute approximate surface area is 178 Å². The lowest BCUT2D eigenvalue weighted by atomic mass is 9.97. The molecule has 0 aliphatic carbocycles. The molecule has 0 aromatic heterocycles. The minimum absolute atomic E-state index is 0.0368. The first-order valence-electron chi connectivity index (χ1n) is 9.63. The maximum Gasteiger partial charge on any atom is 0.311 e. The molecular formula is C24H19N3O4. The van der Waals surface area contributed by atoms with Gasteiger partial charge in [0, 0.05) is 11.6 Å². The van der Waals surface area contributed by atoms with Crippen LogP contribution in [-0.2, 0) is 4.79 Å². The third-order valence-corrected chi connectivity index (χ3v) is 4.87. The largest absolute Gasteiger partial charge is 0.477 e. The highest BCUT2D eigenvalue weighted by Crippen LogP contribution is 2.28. The van der Waals surface area contributed by atoms with Crippen LogP contribution in [-0.4, -0.2) is 23.7 Å². The summed E-state index contributed by atoms with van der Waals surface area (Å²) >= 11 is 0. The Kier molecular flexibility index (Phi) is 5.57. The van der Waals surface area contributed by atoms with E-state index in [-0.39, 0.29) is 11.4 Å². The second-order valence-electron chi connectivity index (χ2n) is 7.04. The zero-order valence-electron chi connectivity index (χ0n) is 16.7. The van der Waals surface area contributed by atoms with Crippen LogP contribution in [0.25, 0.3) is 21.5 Å². The van der Waals surface area contributed by atoms with Crippen molar-refractivity contribution in [3.63, 3.8) is 0 Å². The summed E-state index contributed by atoms with van der Waals surface area (Å²) in [6.45, 7) is 1.35. The Hall–Kier alpha value is -4.26. The third-order valence-electron chi connectivity index (χ3n) is 4.87. The highest BCUT2D eigenvalue weighted by molar-refractivity contribution is 6.13. The zero-order valence-corrected chi connectivity index (χ0v) is 16.7. The quantitative estimate of drug-likeness (QED) is 0.214. The number of ether oxygens (including phenoxy) is 1. The molecule has 7 nitrogen and oxygen atoms in total. The number of nitrogens with one attached hydrogen (secondary N) is 1. The molecule has 0 fully saturated rings. The number of hydrogen-bond donors (Lipinski definition) is 1. The van der Waals surface area contributed by atoms with Gasteiger partial charge in [-0.2, -0.15) is 5.10 Å². The minimum atomic E-state index is -0.538. The number of nitrogens with zero attached hydrogens (tertiary/aromatic N) is 2. The lowest BCUT2D eigenvalue weighted by Gasteiger charge is -2.08. The summed E-state index contributed by atoms with van der Waals surface area (Å²) in [5.41, 5.74) is 3.87. The number of carbonyl (C=O) groups excluding carboxylic acids is 1. The molecule has 0 unspecified atom stereocenters. The Morgan fingerprint density at radius 2 is 1.68 bits per heavy atom. The zero-order chi connectivity index (χ0) is 21.8. The number of aryl methyl sites for hydroxylation is 1. The number of hydrazone groups is 1. The standard InChI is InChI=1S/C24H19N3O4/c1-16-10-11-23(22(12-16)27(29)30)31-15-24(28)26-25-14-21-19-8-4-2-6-17(19)13-18-7-3-5-9-20(18)21/h2-14H,15H2,1H3,(H,26,28). The molecule has 4 aromatic rings. The summed E-state index contributed by atoms with van der Waals surface area (Å²) < 4.78 is 5.33. The smallest absolute Gasteiger partial charge is 0.311 e. The predicted octanol–water partition coefficient (Wildman–Crippen LogP) is 4.74. The van der Waals surface area contributed by atoms with Gasteiger partial charge in [-0.3, -0.25) is 14.9 Å². The van der Waals surface area contributed by atoms with E-state index in [0.29, 0.717) is 0 Å². The second-order valence-corrected chi connectivity index (χ2v) is 7.04. The number of benzene rings is 4. The van der Waals surface area contributed by atoms with Crippen molar-refractivity contribution in [2.24, 2.45) is 5.10 Å². The molecule has 0 aliphatic heterocycles. The van der Waals surface area contributed by atoms with E-state index in [2.05, 4.69) is 16.6 Å². The van der Waals surface area contributed by atoms with Crippen LogP contribution in [0, 0.1) is 17.0 Å². The first-order valence-corrected chi connectivity index (χ1v) is 9.63. The minimum Gasteiger partial charge on any atom is -0.477 e. The summed E-state index contributed by atoms with van der Waals surface area (Å²) in [5.74, 6) is -0.481. The average molecular weight is 413 g/mol. The lowest BCUT2D eigenvalue weighted by Crippen LogP contribution is -2.24. The Morgan fingerprint density at radius 3 is 2.32 bits per heavy atom. The van der Waals surface area contributed by atoms with Crippen LogP contribution < -0.4 is 10.2 Å². The maximum absolute atomic E-state index is 12.2. The van der Waals surface area contributed by atoms with Crippen molar-refractivity contribution < 1.29 is 14.5 Å². The van der Waals surface area contributed by atoms with Gasteiger partial charge in [0.25, 0.3) is 5.91 Å². The van der Waals surface area contributed by atoms with Crippen molar-refractivity contribution in [2.45, 2.75) is 6.92 Å². The summed E-state index contributed by atoms with van der Waals surface area (Å²) in [7, 11) is 0. The van der Waals surface area contributed by atoms with Crippen LogP contribution in [0.4, 0.5) is 5.69 Å². The number of nitro groups is 1. The first kappa shape index (κ1) is 20.0. The van der Waals surface area contributed by atoms with Gasteiger partial charge < -0.3 is 4.74 Å². The number of amides is 1. The van der Waals surface area contributed by atoms with Crippen LogP contribution in [0.2, 0.25) is 0 Å². The van der Waals surface area contributed by atoms with E-state index in [4.69, 9.17) is 4.74 Å². The molecule has 1 amide bonds. The Morgan fingerprint density at radius 1 is 1.03 bits per heavy atom. The first-order chi connectivity index (χ1) is 15.0. The van der Waals surface area contributed by atoms with Crippen LogP contribution >= 0.6 is 0 Å². The van der Waals surface area contributed by atoms with Gasteiger partial charge in [0.1, 0.15) is 0 Å². The maximum atomic E-state index is 12.2. The van der Waals surface area contributed by atoms with Gasteiger partial charge in [-0.1, -0.05) is 54.6 Å². The van der Waals surface area contributed by atoms with E-state index in [1.165, 1.54) is 12.1 Å². The van der Waals surface area contributed by atoms with E-state index in [0.717, 1.165) is 32.7 Å². The van der Waals surface area contributed by atoms with Crippen molar-refractivity contribution >= 4 is 39.4 Å². The monoisotopic (exact) mass is 413 g/mol. The molecule has 0 bridgehead atoms. The average Bonchev–Trinajstić information content (AvgIpc) is 2.77. The number of nitro benzene ring substituents is 1. The Bertz CT molecular complexity index is 1280. The van der Waals surface area contributed by atoms with Crippen LogP contribution in [0.1, 0.15) is 11.1 Å². The van der Waals surface area contributed by atoms with Gasteiger partial charge in [0.2, 0.25) is 0 Å². The van der Waals surface area contributed by atoms with Gasteiger partial charge in [0.15, 0.2) is 12.4 Å². The molecule has 0 spiro atoms. The van der Waals surface area contributed by atoms with Crippen molar-refractivity contribution in [3.05, 3.63) is 94.0 Å². The fourth-order valence-corrected chi connectivity index (χ4v) is 3.42. The summed E-state index contributed by atoms with van der Waals surface area (Å²) in [6, 6.07) is 22.6. The van der Waals surface area contributed by atoms with Crippen LogP contribution in [0.3, 0.4) is 0 Å². The number of carbonyl (C=O) groups is 1. The molecule has 1 N–H and O–H groups in total. The van der Waals surface area contributed by atoms with E-state index >= 15 is 0 Å². The highest BCUT2D eigenvalue weighted by Gasteiger charge is 2.16. The van der Waals surface area contributed by atoms with Gasteiger partial charge in [-0.25, -0.2) is 5.43 Å². The van der Waals surface area contributed by atoms with Gasteiger partial charge in [-0.15, -0.1) is 0 Å². The number of hydrogen-bond acceptors (Lipinski definition) is 5. The van der Waals surface area contributed by atoms with Crippen molar-refractivity contribution in [1.82, 2.24) is 5.43 Å². The SMILES string of the molecule is Cc1ccc(OCC(=O)NN=Cc2c3ccccc3cc3ccccc23)c([N+](=O)[O-])c1. The molecule has 31 heavy (non-hydrogen) atoms. The van der Waals surface area contributed by atoms with Gasteiger partial charge in [0.05, 0.1) is 11.1 Å².